The van der Waals surface area contributed by atoms with Crippen LogP contribution in [0.15, 0.2) is 11.6 Å². The third-order valence-electron chi connectivity index (χ3n) is 7.25. The van der Waals surface area contributed by atoms with Crippen LogP contribution in [0.5, 0.6) is 0 Å². The third kappa shape index (κ3) is 8.48. The topological polar surface area (TPSA) is 65.1 Å². The summed E-state index contributed by atoms with van der Waals surface area (Å²) in [7, 11) is 5.06. The highest BCUT2D eigenvalue weighted by atomic mass is 32.0. The number of rotatable bonds is 17. The lowest BCUT2D eigenvalue weighted by atomic mass is 9.73. The van der Waals surface area contributed by atoms with E-state index in [-0.39, 0.29) is 44.2 Å². The van der Waals surface area contributed by atoms with Gasteiger partial charge in [0, 0.05) is 30.3 Å². The molecule has 1 rings (SSSR count). The largest absolute Gasteiger partial charge is 0.366 e. The summed E-state index contributed by atoms with van der Waals surface area (Å²) in [5.41, 5.74) is 0.633. The van der Waals surface area contributed by atoms with Crippen LogP contribution in [-0.4, -0.2) is 36.0 Å². The highest BCUT2D eigenvalue weighted by Crippen LogP contribution is 2.44. The fourth-order valence-corrected chi connectivity index (χ4v) is 6.13. The van der Waals surface area contributed by atoms with Crippen LogP contribution in [0.3, 0.4) is 0 Å². The van der Waals surface area contributed by atoms with Crippen molar-refractivity contribution in [2.24, 2.45) is 17.3 Å². The molecular formula is C24H45O5P3. The van der Waals surface area contributed by atoms with Gasteiger partial charge in [0.15, 0.2) is 0 Å². The normalized spacial score (nSPS) is 25.5. The van der Waals surface area contributed by atoms with E-state index in [0.29, 0.717) is 6.10 Å². The zero-order valence-electron chi connectivity index (χ0n) is 21.0. The van der Waals surface area contributed by atoms with E-state index in [1.54, 1.807) is 0 Å². The number of hydrogen-bond donors (Lipinski definition) is 0. The van der Waals surface area contributed by atoms with Gasteiger partial charge in [-0.15, -0.1) is 0 Å². The van der Waals surface area contributed by atoms with Crippen molar-refractivity contribution in [3.63, 3.8) is 0 Å². The highest BCUT2D eigenvalue weighted by Gasteiger charge is 2.50. The molecule has 1 saturated heterocycles. The number of ether oxygens (including phenoxy) is 1. The molecule has 0 radical (unpaired) electrons. The molecule has 1 heterocycles. The predicted octanol–water partition coefficient (Wildman–Crippen LogP) is 6.46. The van der Waals surface area contributed by atoms with E-state index in [1.807, 2.05) is 20.8 Å². The summed E-state index contributed by atoms with van der Waals surface area (Å²) < 4.78 is 17.5. The molecule has 32 heavy (non-hydrogen) atoms. The van der Waals surface area contributed by atoms with Crippen LogP contribution < -0.4 is 0 Å². The molecule has 1 aliphatic rings. The summed E-state index contributed by atoms with van der Waals surface area (Å²) in [5.74, 6) is 0.0285. The first-order valence-electron chi connectivity index (χ1n) is 11.7. The van der Waals surface area contributed by atoms with Crippen LogP contribution >= 0.6 is 26.9 Å². The number of carbonyl (C=O) groups excluding carboxylic acids is 2. The molecule has 186 valence electrons. The minimum atomic E-state index is -0.777. The van der Waals surface area contributed by atoms with Crippen molar-refractivity contribution < 1.29 is 23.4 Å². The molecular weight excluding hydrogens is 461 g/mol. The molecule has 0 spiro atoms. The molecule has 0 bridgehead atoms. The summed E-state index contributed by atoms with van der Waals surface area (Å²) >= 11 is 0. The van der Waals surface area contributed by atoms with Crippen molar-refractivity contribution in [3.8, 4) is 0 Å². The summed E-state index contributed by atoms with van der Waals surface area (Å²) in [4.78, 5) is 24.4. The number of hydrogen-bond acceptors (Lipinski definition) is 5. The Morgan fingerprint density at radius 1 is 1.34 bits per heavy atom. The Morgan fingerprint density at radius 2 is 2.00 bits per heavy atom. The van der Waals surface area contributed by atoms with Crippen LogP contribution in [-0.2, 0) is 23.4 Å². The molecule has 0 aliphatic carbocycles. The Hall–Kier alpha value is 0.250. The average Bonchev–Trinajstić information content (AvgIpc) is 3.41. The van der Waals surface area contributed by atoms with E-state index in [2.05, 4.69) is 52.2 Å². The van der Waals surface area contributed by atoms with Crippen molar-refractivity contribution in [1.82, 2.24) is 0 Å². The molecule has 8 heteroatoms. The van der Waals surface area contributed by atoms with Gasteiger partial charge >= 0.3 is 0 Å². The summed E-state index contributed by atoms with van der Waals surface area (Å²) in [6.45, 7) is 14.3. The summed E-state index contributed by atoms with van der Waals surface area (Å²) in [6, 6.07) is 0. The van der Waals surface area contributed by atoms with E-state index in [4.69, 9.17) is 13.8 Å². The molecule has 1 fully saturated rings. The molecule has 5 nitrogen and oxygen atoms in total. The molecule has 0 N–H and O–H groups in total. The molecule has 0 aromatic heterocycles. The average molecular weight is 507 g/mol. The number of ketones is 1. The van der Waals surface area contributed by atoms with Crippen molar-refractivity contribution in [1.29, 1.82) is 0 Å². The van der Waals surface area contributed by atoms with E-state index >= 15 is 0 Å². The first kappa shape index (κ1) is 30.3. The van der Waals surface area contributed by atoms with Crippen LogP contribution in [0.4, 0.5) is 0 Å². The fraction of sp³-hybridized carbons (Fsp3) is 0.833. The van der Waals surface area contributed by atoms with Gasteiger partial charge in [0.1, 0.15) is 12.1 Å². The minimum absolute atomic E-state index is 0.00589. The van der Waals surface area contributed by atoms with Crippen LogP contribution in [0.2, 0.25) is 0 Å². The van der Waals surface area contributed by atoms with E-state index in [9.17, 15) is 9.59 Å². The quantitative estimate of drug-likeness (QED) is 0.0980. The lowest BCUT2D eigenvalue weighted by Gasteiger charge is -2.36. The fourth-order valence-electron chi connectivity index (χ4n) is 4.61. The summed E-state index contributed by atoms with van der Waals surface area (Å²) in [5, 5.41) is 0. The first-order valence-corrected chi connectivity index (χ1v) is 14.9. The van der Waals surface area contributed by atoms with Gasteiger partial charge in [-0.3, -0.25) is 4.79 Å². The first-order chi connectivity index (χ1) is 15.0. The highest BCUT2D eigenvalue weighted by molar-refractivity contribution is 8.00. The second-order valence-corrected chi connectivity index (χ2v) is 11.5. The zero-order chi connectivity index (χ0) is 24.5. The molecule has 1 aliphatic heterocycles. The second kappa shape index (κ2) is 14.0. The van der Waals surface area contributed by atoms with Gasteiger partial charge in [0.25, 0.3) is 0 Å². The van der Waals surface area contributed by atoms with Crippen LogP contribution in [0.25, 0.3) is 0 Å². The Labute approximate surface area is 202 Å². The maximum Gasteiger partial charge on any atom is 0.146 e. The predicted molar refractivity (Wildman–Crippen MR) is 141 cm³/mol. The molecule has 9 atom stereocenters. The summed E-state index contributed by atoms with van der Waals surface area (Å²) in [6.07, 6.45) is 8.13. The van der Waals surface area contributed by atoms with Crippen molar-refractivity contribution in [2.75, 3.05) is 0 Å². The van der Waals surface area contributed by atoms with E-state index in [0.717, 1.165) is 38.4 Å². The number of aldehydes is 1. The van der Waals surface area contributed by atoms with Gasteiger partial charge in [0.2, 0.25) is 0 Å². The number of allylic oxidation sites excluding steroid dienone is 2. The zero-order valence-corrected chi connectivity index (χ0v) is 24.3. The molecule has 0 aromatic carbocycles. The molecule has 0 amide bonds. The lowest BCUT2D eigenvalue weighted by molar-refractivity contribution is -0.139. The number of carbonyl (C=O) groups is 2. The Kier molecular flexibility index (Phi) is 13.2. The van der Waals surface area contributed by atoms with Crippen molar-refractivity contribution >= 4 is 39.0 Å². The Morgan fingerprint density at radius 3 is 2.53 bits per heavy atom. The number of epoxide rings is 1. The molecule has 0 aromatic rings. The smallest absolute Gasteiger partial charge is 0.146 e. The number of Topliss-reactive ketones (excluding diaryl/α,β-unsaturated/α-hetero) is 1. The monoisotopic (exact) mass is 506 g/mol. The van der Waals surface area contributed by atoms with Gasteiger partial charge in [0.05, 0.1) is 29.3 Å². The molecule has 9 unspecified atom stereocenters. The standard InChI is InChI=1S/C24H45O5P3/c1-8-16(2)11-12-20-24(7,27-20)14-9-10-17(3)21(29-32-31)18(4)22(26)23(5,6)19(28-30)13-15-25/h8,15,17-21,32H,9-14,30-31H2,1-7H3/b16-8+. The Bertz CT molecular complexity index is 639. The second-order valence-electron chi connectivity index (χ2n) is 10.1. The SMILES string of the molecule is C/C=C(\C)CCC1OC1(C)CCCC(C)C(OPP)C(C)C(=O)C(C)(C)C(CC=O)OP. The van der Waals surface area contributed by atoms with Gasteiger partial charge in [-0.1, -0.05) is 54.7 Å². The lowest BCUT2D eigenvalue weighted by Crippen LogP contribution is -2.45. The van der Waals surface area contributed by atoms with Gasteiger partial charge in [-0.2, -0.15) is 0 Å². The van der Waals surface area contributed by atoms with Crippen molar-refractivity contribution in [2.45, 2.75) is 111 Å². The van der Waals surface area contributed by atoms with Crippen molar-refractivity contribution in [3.05, 3.63) is 11.6 Å². The van der Waals surface area contributed by atoms with E-state index in [1.165, 1.54) is 5.57 Å². The van der Waals surface area contributed by atoms with Crippen LogP contribution in [0.1, 0.15) is 87.0 Å². The Balaban J connectivity index is 2.66. The minimum Gasteiger partial charge on any atom is -0.366 e. The third-order valence-corrected chi connectivity index (χ3v) is 8.39. The van der Waals surface area contributed by atoms with E-state index < -0.39 is 11.5 Å². The van der Waals surface area contributed by atoms with Crippen LogP contribution in [0, 0.1) is 17.3 Å². The van der Waals surface area contributed by atoms with Gasteiger partial charge in [-0.05, 0) is 52.4 Å². The maximum atomic E-state index is 13.4. The van der Waals surface area contributed by atoms with Gasteiger partial charge < -0.3 is 18.6 Å². The van der Waals surface area contributed by atoms with Gasteiger partial charge in [-0.25, -0.2) is 0 Å². The maximum absolute atomic E-state index is 13.4. The molecule has 0 saturated carbocycles.